The van der Waals surface area contributed by atoms with E-state index in [9.17, 15) is 14.6 Å². The fraction of sp³-hybridized carbons (Fsp3) is 0.217. The molecule has 4 heteroatoms. The standard InChI is InChI=1S/C23H21FO3/c1-14-11-22(26)19-3-2-4-20(19)23(14)27-18-9-10-21(25)16(13-18)12-15-5-7-17(24)8-6-15/h5-11,13,25-26H,2-4,12H2,1H3. The van der Waals surface area contributed by atoms with Crippen molar-refractivity contribution < 1.29 is 19.3 Å². The van der Waals surface area contributed by atoms with Crippen LogP contribution in [-0.2, 0) is 19.3 Å². The first-order valence-corrected chi connectivity index (χ1v) is 9.10. The van der Waals surface area contributed by atoms with Gasteiger partial charge in [0.1, 0.15) is 28.8 Å². The zero-order valence-corrected chi connectivity index (χ0v) is 15.1. The van der Waals surface area contributed by atoms with Crippen LogP contribution in [0.15, 0.2) is 48.5 Å². The van der Waals surface area contributed by atoms with Gasteiger partial charge in [0.15, 0.2) is 0 Å². The average molecular weight is 364 g/mol. The molecular formula is C23H21FO3. The maximum absolute atomic E-state index is 13.1. The van der Waals surface area contributed by atoms with Crippen molar-refractivity contribution >= 4 is 0 Å². The molecule has 0 radical (unpaired) electrons. The van der Waals surface area contributed by atoms with Crippen LogP contribution in [0.2, 0.25) is 0 Å². The molecule has 0 fully saturated rings. The number of hydrogen-bond acceptors (Lipinski definition) is 3. The molecule has 0 amide bonds. The summed E-state index contributed by atoms with van der Waals surface area (Å²) in [7, 11) is 0. The molecule has 0 heterocycles. The van der Waals surface area contributed by atoms with Crippen LogP contribution in [0.3, 0.4) is 0 Å². The first-order chi connectivity index (χ1) is 13.0. The topological polar surface area (TPSA) is 49.7 Å². The highest BCUT2D eigenvalue weighted by Gasteiger charge is 2.22. The molecule has 0 aromatic heterocycles. The van der Waals surface area contributed by atoms with Crippen molar-refractivity contribution in [3.05, 3.63) is 82.2 Å². The number of rotatable bonds is 4. The molecule has 138 valence electrons. The molecule has 1 aliphatic carbocycles. The minimum atomic E-state index is -0.281. The smallest absolute Gasteiger partial charge is 0.134 e. The molecule has 3 aromatic carbocycles. The second-order valence-corrected chi connectivity index (χ2v) is 7.05. The van der Waals surface area contributed by atoms with Crippen LogP contribution < -0.4 is 4.74 Å². The summed E-state index contributed by atoms with van der Waals surface area (Å²) >= 11 is 0. The van der Waals surface area contributed by atoms with Crippen LogP contribution >= 0.6 is 0 Å². The van der Waals surface area contributed by atoms with Gasteiger partial charge < -0.3 is 14.9 Å². The Morgan fingerprint density at radius 1 is 0.926 bits per heavy atom. The number of phenolic OH excluding ortho intramolecular Hbond substituents is 2. The van der Waals surface area contributed by atoms with Crippen LogP contribution in [0.1, 0.15) is 34.2 Å². The highest BCUT2D eigenvalue weighted by molar-refractivity contribution is 5.56. The van der Waals surface area contributed by atoms with Crippen molar-refractivity contribution in [1.29, 1.82) is 0 Å². The molecule has 0 saturated carbocycles. The second kappa shape index (κ2) is 6.95. The molecule has 0 spiro atoms. The number of hydrogen-bond donors (Lipinski definition) is 2. The number of aryl methyl sites for hydroxylation is 1. The van der Waals surface area contributed by atoms with Gasteiger partial charge in [-0.3, -0.25) is 0 Å². The second-order valence-electron chi connectivity index (χ2n) is 7.05. The molecule has 27 heavy (non-hydrogen) atoms. The molecule has 2 N–H and O–H groups in total. The summed E-state index contributed by atoms with van der Waals surface area (Å²) in [5.41, 5.74) is 4.56. The number of aromatic hydroxyl groups is 2. The van der Waals surface area contributed by atoms with Gasteiger partial charge in [0.2, 0.25) is 0 Å². The summed E-state index contributed by atoms with van der Waals surface area (Å²) < 4.78 is 19.3. The Hall–Kier alpha value is -3.01. The third-order valence-corrected chi connectivity index (χ3v) is 5.09. The molecular weight excluding hydrogens is 343 g/mol. The number of phenols is 2. The average Bonchev–Trinajstić information content (AvgIpc) is 3.13. The molecule has 3 nitrogen and oxygen atoms in total. The van der Waals surface area contributed by atoms with Gasteiger partial charge in [0.05, 0.1) is 0 Å². The number of benzene rings is 3. The Bertz CT molecular complexity index is 993. The van der Waals surface area contributed by atoms with Crippen molar-refractivity contribution in [1.82, 2.24) is 0 Å². The summed E-state index contributed by atoms with van der Waals surface area (Å²) in [6, 6.07) is 13.2. The minimum absolute atomic E-state index is 0.180. The Balaban J connectivity index is 1.64. The first-order valence-electron chi connectivity index (χ1n) is 9.10. The van der Waals surface area contributed by atoms with Gasteiger partial charge in [-0.05, 0) is 73.7 Å². The highest BCUT2D eigenvalue weighted by Crippen LogP contribution is 2.41. The van der Waals surface area contributed by atoms with Crippen LogP contribution in [0, 0.1) is 12.7 Å². The fourth-order valence-electron chi connectivity index (χ4n) is 3.72. The van der Waals surface area contributed by atoms with Crippen molar-refractivity contribution in [3.8, 4) is 23.0 Å². The highest BCUT2D eigenvalue weighted by atomic mass is 19.1. The van der Waals surface area contributed by atoms with Crippen LogP contribution in [0.5, 0.6) is 23.0 Å². The number of halogens is 1. The van der Waals surface area contributed by atoms with E-state index in [-0.39, 0.29) is 11.6 Å². The lowest BCUT2D eigenvalue weighted by molar-refractivity contribution is 0.449. The van der Waals surface area contributed by atoms with Crippen molar-refractivity contribution in [2.45, 2.75) is 32.6 Å². The van der Waals surface area contributed by atoms with E-state index >= 15 is 0 Å². The largest absolute Gasteiger partial charge is 0.508 e. The zero-order valence-electron chi connectivity index (χ0n) is 15.1. The molecule has 0 bridgehead atoms. The van der Waals surface area contributed by atoms with Crippen LogP contribution in [-0.4, -0.2) is 10.2 Å². The van der Waals surface area contributed by atoms with E-state index in [2.05, 4.69) is 0 Å². The summed E-state index contributed by atoms with van der Waals surface area (Å²) in [5.74, 6) is 1.66. The predicted molar refractivity (Wildman–Crippen MR) is 102 cm³/mol. The molecule has 4 rings (SSSR count). The first kappa shape index (κ1) is 17.4. The van der Waals surface area contributed by atoms with E-state index in [1.807, 2.05) is 13.0 Å². The van der Waals surface area contributed by atoms with E-state index in [1.165, 1.54) is 12.1 Å². The molecule has 3 aromatic rings. The van der Waals surface area contributed by atoms with E-state index in [0.29, 0.717) is 23.5 Å². The van der Waals surface area contributed by atoms with Crippen LogP contribution in [0.4, 0.5) is 4.39 Å². The molecule has 1 aliphatic rings. The van der Waals surface area contributed by atoms with Gasteiger partial charge in [0.25, 0.3) is 0 Å². The summed E-state index contributed by atoms with van der Waals surface area (Å²) in [6.07, 6.45) is 3.24. The van der Waals surface area contributed by atoms with E-state index < -0.39 is 0 Å². The lowest BCUT2D eigenvalue weighted by atomic mass is 10.0. The van der Waals surface area contributed by atoms with Crippen molar-refractivity contribution in [2.24, 2.45) is 0 Å². The molecule has 0 atom stereocenters. The van der Waals surface area contributed by atoms with E-state index in [1.54, 1.807) is 30.3 Å². The number of ether oxygens (including phenoxy) is 1. The van der Waals surface area contributed by atoms with Gasteiger partial charge in [-0.25, -0.2) is 4.39 Å². The van der Waals surface area contributed by atoms with Crippen molar-refractivity contribution in [2.75, 3.05) is 0 Å². The quantitative estimate of drug-likeness (QED) is 0.650. The third kappa shape index (κ3) is 3.47. The minimum Gasteiger partial charge on any atom is -0.508 e. The molecule has 0 saturated heterocycles. The third-order valence-electron chi connectivity index (χ3n) is 5.09. The van der Waals surface area contributed by atoms with Crippen LogP contribution in [0.25, 0.3) is 0 Å². The van der Waals surface area contributed by atoms with E-state index in [0.717, 1.165) is 47.3 Å². The maximum atomic E-state index is 13.1. The van der Waals surface area contributed by atoms with Gasteiger partial charge in [-0.15, -0.1) is 0 Å². The lowest BCUT2D eigenvalue weighted by Crippen LogP contribution is -1.96. The fourth-order valence-corrected chi connectivity index (χ4v) is 3.72. The Morgan fingerprint density at radius 2 is 1.67 bits per heavy atom. The summed E-state index contributed by atoms with van der Waals surface area (Å²) in [5, 5.41) is 20.4. The number of fused-ring (bicyclic) bond motifs is 1. The van der Waals surface area contributed by atoms with Gasteiger partial charge >= 0.3 is 0 Å². The lowest BCUT2D eigenvalue weighted by Gasteiger charge is -2.16. The molecule has 0 aliphatic heterocycles. The summed E-state index contributed by atoms with van der Waals surface area (Å²) in [4.78, 5) is 0. The Labute approximate surface area is 157 Å². The monoisotopic (exact) mass is 364 g/mol. The Morgan fingerprint density at radius 3 is 2.44 bits per heavy atom. The zero-order chi connectivity index (χ0) is 19.0. The summed E-state index contributed by atoms with van der Waals surface area (Å²) in [6.45, 7) is 1.92. The predicted octanol–water partition coefficient (Wildman–Crippen LogP) is 5.42. The van der Waals surface area contributed by atoms with Gasteiger partial charge in [-0.2, -0.15) is 0 Å². The molecule has 0 unspecified atom stereocenters. The van der Waals surface area contributed by atoms with Gasteiger partial charge in [0, 0.05) is 23.1 Å². The van der Waals surface area contributed by atoms with E-state index in [4.69, 9.17) is 4.74 Å². The maximum Gasteiger partial charge on any atom is 0.134 e. The Kier molecular flexibility index (Phi) is 4.48. The normalized spacial score (nSPS) is 12.8. The van der Waals surface area contributed by atoms with Gasteiger partial charge in [-0.1, -0.05) is 12.1 Å². The van der Waals surface area contributed by atoms with Crippen molar-refractivity contribution in [3.63, 3.8) is 0 Å². The SMILES string of the molecule is Cc1cc(O)c2c(c1Oc1ccc(O)c(Cc3ccc(F)cc3)c1)CCC2.